The first-order valence-corrected chi connectivity index (χ1v) is 7.78. The van der Waals surface area contributed by atoms with Gasteiger partial charge < -0.3 is 5.32 Å². The molecule has 0 spiro atoms. The first-order valence-electron chi connectivity index (χ1n) is 7.40. The quantitative estimate of drug-likeness (QED) is 0.840. The van der Waals surface area contributed by atoms with Gasteiger partial charge in [0.2, 0.25) is 5.91 Å². The Kier molecular flexibility index (Phi) is 3.17. The standard InChI is InChI=1S/C17H20ClNO2/c1-10-4-5-12(8-13(10)18)19-15(21)17-7-6-11(9-17)16(2,3)14(17)20/h4-5,8,11H,6-7,9H2,1-3H3,(H,19,21). The molecule has 2 bridgehead atoms. The van der Waals surface area contributed by atoms with E-state index < -0.39 is 5.41 Å². The highest BCUT2D eigenvalue weighted by Crippen LogP contribution is 2.60. The molecule has 2 unspecified atom stereocenters. The highest BCUT2D eigenvalue weighted by Gasteiger charge is 2.64. The fourth-order valence-electron chi connectivity index (χ4n) is 3.90. The van der Waals surface area contributed by atoms with E-state index in [9.17, 15) is 9.59 Å². The van der Waals surface area contributed by atoms with Crippen molar-refractivity contribution in [1.82, 2.24) is 0 Å². The zero-order chi connectivity index (χ0) is 15.4. The van der Waals surface area contributed by atoms with E-state index in [1.165, 1.54) is 0 Å². The Labute approximate surface area is 130 Å². The monoisotopic (exact) mass is 305 g/mol. The van der Waals surface area contributed by atoms with Crippen molar-refractivity contribution in [2.75, 3.05) is 5.32 Å². The number of Topliss-reactive ketones (excluding diaryl/α,β-unsaturated/α-hetero) is 1. The van der Waals surface area contributed by atoms with Crippen molar-refractivity contribution in [3.63, 3.8) is 0 Å². The van der Waals surface area contributed by atoms with Crippen LogP contribution in [0.1, 0.15) is 38.7 Å². The predicted octanol–water partition coefficient (Wildman–Crippen LogP) is 3.98. The Hall–Kier alpha value is -1.35. The molecule has 3 nitrogen and oxygen atoms in total. The number of amides is 1. The highest BCUT2D eigenvalue weighted by atomic mass is 35.5. The summed E-state index contributed by atoms with van der Waals surface area (Å²) < 4.78 is 0. The summed E-state index contributed by atoms with van der Waals surface area (Å²) in [5.41, 5.74) is 0.421. The SMILES string of the molecule is Cc1ccc(NC(=O)C23CCC(C2)C(C)(C)C3=O)cc1Cl. The third kappa shape index (κ3) is 2.02. The average Bonchev–Trinajstić information content (AvgIpc) is 2.95. The lowest BCUT2D eigenvalue weighted by Crippen LogP contribution is -2.44. The first-order chi connectivity index (χ1) is 9.77. The van der Waals surface area contributed by atoms with Crippen LogP contribution in [0.5, 0.6) is 0 Å². The Balaban J connectivity index is 1.86. The summed E-state index contributed by atoms with van der Waals surface area (Å²) in [4.78, 5) is 25.4. The summed E-state index contributed by atoms with van der Waals surface area (Å²) >= 11 is 6.09. The Bertz CT molecular complexity index is 638. The first kappa shape index (κ1) is 14.6. The van der Waals surface area contributed by atoms with Gasteiger partial charge in [-0.25, -0.2) is 0 Å². The fraction of sp³-hybridized carbons (Fsp3) is 0.529. The molecule has 1 aromatic rings. The van der Waals surface area contributed by atoms with Crippen molar-refractivity contribution in [1.29, 1.82) is 0 Å². The van der Waals surface area contributed by atoms with Gasteiger partial charge in [0.15, 0.2) is 5.78 Å². The minimum absolute atomic E-state index is 0.0990. The van der Waals surface area contributed by atoms with Crippen molar-refractivity contribution < 1.29 is 9.59 Å². The minimum atomic E-state index is -0.828. The Morgan fingerprint density at radius 3 is 2.67 bits per heavy atom. The van der Waals surface area contributed by atoms with Crippen molar-refractivity contribution >= 4 is 29.0 Å². The molecule has 1 N–H and O–H groups in total. The molecule has 21 heavy (non-hydrogen) atoms. The molecule has 0 aliphatic heterocycles. The summed E-state index contributed by atoms with van der Waals surface area (Å²) in [5.74, 6) is 0.264. The number of hydrogen-bond donors (Lipinski definition) is 1. The molecule has 2 saturated carbocycles. The largest absolute Gasteiger partial charge is 0.325 e. The number of nitrogens with one attached hydrogen (secondary N) is 1. The van der Waals surface area contributed by atoms with Gasteiger partial charge in [-0.05, 0) is 49.8 Å². The fourth-order valence-corrected chi connectivity index (χ4v) is 4.08. The van der Waals surface area contributed by atoms with Gasteiger partial charge >= 0.3 is 0 Å². The van der Waals surface area contributed by atoms with Gasteiger partial charge in [0, 0.05) is 16.1 Å². The van der Waals surface area contributed by atoms with Crippen molar-refractivity contribution in [3.8, 4) is 0 Å². The molecule has 0 saturated heterocycles. The number of carbonyl (C=O) groups is 2. The number of ketones is 1. The number of anilines is 1. The third-order valence-electron chi connectivity index (χ3n) is 5.42. The van der Waals surface area contributed by atoms with Gasteiger partial charge in [-0.2, -0.15) is 0 Å². The zero-order valence-electron chi connectivity index (χ0n) is 12.6. The lowest BCUT2D eigenvalue weighted by Gasteiger charge is -2.32. The zero-order valence-corrected chi connectivity index (χ0v) is 13.4. The summed E-state index contributed by atoms with van der Waals surface area (Å²) in [7, 11) is 0. The van der Waals surface area contributed by atoms with Gasteiger partial charge in [-0.1, -0.05) is 31.5 Å². The highest BCUT2D eigenvalue weighted by molar-refractivity contribution is 6.31. The Morgan fingerprint density at radius 1 is 1.38 bits per heavy atom. The summed E-state index contributed by atoms with van der Waals surface area (Å²) in [5, 5.41) is 3.51. The van der Waals surface area contributed by atoms with Crippen LogP contribution in [0.4, 0.5) is 5.69 Å². The van der Waals surface area contributed by atoms with Gasteiger partial charge in [-0.15, -0.1) is 0 Å². The van der Waals surface area contributed by atoms with E-state index in [0.29, 0.717) is 29.5 Å². The maximum absolute atomic E-state index is 12.7. The second-order valence-corrected chi connectivity index (χ2v) is 7.40. The molecular formula is C17H20ClNO2. The van der Waals surface area contributed by atoms with E-state index in [2.05, 4.69) is 5.32 Å². The molecular weight excluding hydrogens is 286 g/mol. The van der Waals surface area contributed by atoms with E-state index in [-0.39, 0.29) is 17.1 Å². The molecule has 0 aromatic heterocycles. The lowest BCUT2D eigenvalue weighted by atomic mass is 9.70. The lowest BCUT2D eigenvalue weighted by molar-refractivity contribution is -0.142. The van der Waals surface area contributed by atoms with Gasteiger partial charge in [0.05, 0.1) is 0 Å². The molecule has 2 aliphatic carbocycles. The van der Waals surface area contributed by atoms with Crippen molar-refractivity contribution in [2.45, 2.75) is 40.0 Å². The molecule has 0 radical (unpaired) electrons. The van der Waals surface area contributed by atoms with E-state index in [4.69, 9.17) is 11.6 Å². The molecule has 1 aromatic carbocycles. The molecule has 3 rings (SSSR count). The van der Waals surface area contributed by atoms with Crippen molar-refractivity contribution in [3.05, 3.63) is 28.8 Å². The van der Waals surface area contributed by atoms with Gasteiger partial charge in [0.25, 0.3) is 0 Å². The van der Waals surface area contributed by atoms with Crippen LogP contribution in [-0.2, 0) is 9.59 Å². The van der Waals surface area contributed by atoms with Crippen molar-refractivity contribution in [2.24, 2.45) is 16.7 Å². The Morgan fingerprint density at radius 2 is 2.10 bits per heavy atom. The number of aryl methyl sites for hydroxylation is 1. The van der Waals surface area contributed by atoms with E-state index >= 15 is 0 Å². The van der Waals surface area contributed by atoms with Crippen LogP contribution in [0.2, 0.25) is 5.02 Å². The van der Waals surface area contributed by atoms with Crippen LogP contribution in [0.25, 0.3) is 0 Å². The van der Waals surface area contributed by atoms with Crippen LogP contribution in [0.3, 0.4) is 0 Å². The predicted molar refractivity (Wildman–Crippen MR) is 83.4 cm³/mol. The molecule has 4 heteroatoms. The third-order valence-corrected chi connectivity index (χ3v) is 5.83. The summed E-state index contributed by atoms with van der Waals surface area (Å²) in [6.45, 7) is 5.85. The summed E-state index contributed by atoms with van der Waals surface area (Å²) in [6.07, 6.45) is 2.32. The molecule has 2 aliphatic rings. The van der Waals surface area contributed by atoms with Crippen LogP contribution in [0, 0.1) is 23.7 Å². The number of benzene rings is 1. The molecule has 2 fully saturated rings. The van der Waals surface area contributed by atoms with E-state index in [1.807, 2.05) is 32.9 Å². The maximum Gasteiger partial charge on any atom is 0.238 e. The van der Waals surface area contributed by atoms with Gasteiger partial charge in [-0.3, -0.25) is 9.59 Å². The van der Waals surface area contributed by atoms with E-state index in [1.54, 1.807) is 6.07 Å². The smallest absolute Gasteiger partial charge is 0.238 e. The number of carbonyl (C=O) groups excluding carboxylic acids is 2. The van der Waals surface area contributed by atoms with Crippen LogP contribution < -0.4 is 5.32 Å². The molecule has 112 valence electrons. The normalized spacial score (nSPS) is 29.7. The van der Waals surface area contributed by atoms with Crippen LogP contribution in [0.15, 0.2) is 18.2 Å². The second kappa shape index (κ2) is 4.57. The number of halogens is 1. The van der Waals surface area contributed by atoms with Crippen LogP contribution >= 0.6 is 11.6 Å². The van der Waals surface area contributed by atoms with Gasteiger partial charge in [0.1, 0.15) is 5.41 Å². The van der Waals surface area contributed by atoms with E-state index in [0.717, 1.165) is 12.0 Å². The average molecular weight is 306 g/mol. The molecule has 0 heterocycles. The molecule has 2 atom stereocenters. The minimum Gasteiger partial charge on any atom is -0.325 e. The second-order valence-electron chi connectivity index (χ2n) is 6.99. The summed E-state index contributed by atoms with van der Waals surface area (Å²) in [6, 6.07) is 5.43. The number of fused-ring (bicyclic) bond motifs is 2. The molecule has 1 amide bonds. The number of hydrogen-bond acceptors (Lipinski definition) is 2. The maximum atomic E-state index is 12.7. The topological polar surface area (TPSA) is 46.2 Å². The number of rotatable bonds is 2. The van der Waals surface area contributed by atoms with Crippen LogP contribution in [-0.4, -0.2) is 11.7 Å².